The SMILES string of the molecule is COc1cccc(/C=N/NC(=O)c2ccc3c(c2)OCC2(CC2)CO3)c1. The average Bonchev–Trinajstić information content (AvgIpc) is 3.48. The molecule has 1 N–H and O–H groups in total. The van der Waals surface area contributed by atoms with E-state index in [1.54, 1.807) is 31.5 Å². The molecule has 1 saturated carbocycles. The van der Waals surface area contributed by atoms with Gasteiger partial charge in [0.05, 0.1) is 26.5 Å². The van der Waals surface area contributed by atoms with Crippen LogP contribution in [0.4, 0.5) is 0 Å². The van der Waals surface area contributed by atoms with Gasteiger partial charge in [-0.15, -0.1) is 0 Å². The van der Waals surface area contributed by atoms with E-state index in [2.05, 4.69) is 10.5 Å². The number of amides is 1. The molecule has 2 aromatic carbocycles. The molecule has 0 unspecified atom stereocenters. The zero-order valence-electron chi connectivity index (χ0n) is 14.5. The van der Waals surface area contributed by atoms with Crippen molar-refractivity contribution in [3.8, 4) is 17.2 Å². The molecule has 0 atom stereocenters. The number of hydrogen-bond acceptors (Lipinski definition) is 5. The Labute approximate surface area is 151 Å². The highest BCUT2D eigenvalue weighted by molar-refractivity contribution is 5.95. The summed E-state index contributed by atoms with van der Waals surface area (Å²) in [5.74, 6) is 1.72. The van der Waals surface area contributed by atoms with Gasteiger partial charge < -0.3 is 14.2 Å². The molecule has 0 aromatic heterocycles. The number of benzene rings is 2. The Balaban J connectivity index is 1.42. The van der Waals surface area contributed by atoms with Gasteiger partial charge in [-0.3, -0.25) is 4.79 Å². The number of methoxy groups -OCH3 is 1. The Hall–Kier alpha value is -3.02. The Morgan fingerprint density at radius 1 is 1.15 bits per heavy atom. The van der Waals surface area contributed by atoms with Gasteiger partial charge in [0.1, 0.15) is 5.75 Å². The minimum absolute atomic E-state index is 0.169. The molecule has 1 amide bonds. The van der Waals surface area contributed by atoms with E-state index < -0.39 is 0 Å². The smallest absolute Gasteiger partial charge is 0.271 e. The van der Waals surface area contributed by atoms with Crippen LogP contribution in [0.1, 0.15) is 28.8 Å². The van der Waals surface area contributed by atoms with Gasteiger partial charge in [-0.1, -0.05) is 12.1 Å². The average molecular weight is 352 g/mol. The number of carbonyl (C=O) groups excluding carboxylic acids is 1. The third-order valence-corrected chi connectivity index (χ3v) is 4.70. The predicted octanol–water partition coefficient (Wildman–Crippen LogP) is 3.01. The highest BCUT2D eigenvalue weighted by atomic mass is 16.5. The zero-order chi connectivity index (χ0) is 18.0. The van der Waals surface area contributed by atoms with Gasteiger partial charge in [0.2, 0.25) is 0 Å². The maximum atomic E-state index is 12.3. The fourth-order valence-electron chi connectivity index (χ4n) is 2.80. The van der Waals surface area contributed by atoms with Gasteiger partial charge in [0.15, 0.2) is 11.5 Å². The van der Waals surface area contributed by atoms with Gasteiger partial charge in [-0.25, -0.2) is 5.43 Å². The second kappa shape index (κ2) is 6.71. The maximum absolute atomic E-state index is 12.3. The lowest BCUT2D eigenvalue weighted by atomic mass is 10.1. The normalized spacial score (nSPS) is 17.0. The Morgan fingerprint density at radius 3 is 2.73 bits per heavy atom. The fraction of sp³-hybridized carbons (Fsp3) is 0.300. The summed E-state index contributed by atoms with van der Waals surface area (Å²) in [6.07, 6.45) is 3.83. The third-order valence-electron chi connectivity index (χ3n) is 4.70. The van der Waals surface area contributed by atoms with Crippen molar-refractivity contribution in [3.63, 3.8) is 0 Å². The topological polar surface area (TPSA) is 69.2 Å². The van der Waals surface area contributed by atoms with Gasteiger partial charge >= 0.3 is 0 Å². The highest BCUT2D eigenvalue weighted by Gasteiger charge is 2.46. The van der Waals surface area contributed by atoms with Crippen LogP contribution in [0.25, 0.3) is 0 Å². The first-order chi connectivity index (χ1) is 12.7. The number of hydrazone groups is 1. The molecule has 1 aliphatic carbocycles. The van der Waals surface area contributed by atoms with E-state index >= 15 is 0 Å². The van der Waals surface area contributed by atoms with E-state index in [1.807, 2.05) is 24.3 Å². The molecule has 0 radical (unpaired) electrons. The largest absolute Gasteiger partial charge is 0.497 e. The van der Waals surface area contributed by atoms with Crippen molar-refractivity contribution >= 4 is 12.1 Å². The summed E-state index contributed by atoms with van der Waals surface area (Å²) in [4.78, 5) is 12.3. The first-order valence-electron chi connectivity index (χ1n) is 8.55. The van der Waals surface area contributed by atoms with Crippen molar-refractivity contribution in [2.45, 2.75) is 12.8 Å². The van der Waals surface area contributed by atoms with Gasteiger partial charge in [-0.2, -0.15) is 5.10 Å². The lowest BCUT2D eigenvalue weighted by Crippen LogP contribution is -2.18. The number of rotatable bonds is 4. The van der Waals surface area contributed by atoms with Crippen LogP contribution >= 0.6 is 0 Å². The molecular formula is C20H20N2O4. The molecule has 134 valence electrons. The first kappa shape index (κ1) is 16.4. The van der Waals surface area contributed by atoms with E-state index in [-0.39, 0.29) is 11.3 Å². The molecule has 26 heavy (non-hydrogen) atoms. The van der Waals surface area contributed by atoms with Crippen LogP contribution in [-0.2, 0) is 0 Å². The minimum Gasteiger partial charge on any atom is -0.497 e. The summed E-state index contributed by atoms with van der Waals surface area (Å²) in [5, 5.41) is 4.00. The second-order valence-electron chi connectivity index (χ2n) is 6.71. The summed E-state index contributed by atoms with van der Waals surface area (Å²) < 4.78 is 16.8. The molecule has 2 aromatic rings. The zero-order valence-corrected chi connectivity index (χ0v) is 14.5. The summed E-state index contributed by atoms with van der Waals surface area (Å²) in [5.41, 5.74) is 4.00. The number of nitrogens with one attached hydrogen (secondary N) is 1. The number of nitrogens with zero attached hydrogens (tertiary/aromatic N) is 1. The van der Waals surface area contributed by atoms with Gasteiger partial charge in [0, 0.05) is 11.0 Å². The Morgan fingerprint density at radius 2 is 1.96 bits per heavy atom. The highest BCUT2D eigenvalue weighted by Crippen LogP contribution is 2.49. The molecule has 4 rings (SSSR count). The fourth-order valence-corrected chi connectivity index (χ4v) is 2.80. The molecule has 1 aliphatic heterocycles. The molecule has 6 heteroatoms. The minimum atomic E-state index is -0.305. The monoisotopic (exact) mass is 352 g/mol. The lowest BCUT2D eigenvalue weighted by Gasteiger charge is -2.09. The van der Waals surface area contributed by atoms with E-state index in [0.717, 1.165) is 24.2 Å². The van der Waals surface area contributed by atoms with Crippen LogP contribution in [0, 0.1) is 5.41 Å². The summed E-state index contributed by atoms with van der Waals surface area (Å²) in [7, 11) is 1.60. The van der Waals surface area contributed by atoms with E-state index in [9.17, 15) is 4.79 Å². The van der Waals surface area contributed by atoms with Crippen molar-refractivity contribution in [3.05, 3.63) is 53.6 Å². The quantitative estimate of drug-likeness (QED) is 0.678. The first-order valence-corrected chi connectivity index (χ1v) is 8.55. The van der Waals surface area contributed by atoms with Gasteiger partial charge in [-0.05, 0) is 48.7 Å². The second-order valence-corrected chi connectivity index (χ2v) is 6.71. The standard InChI is InChI=1S/C20H20N2O4/c1-24-16-4-2-3-14(9-16)11-21-22-19(23)15-5-6-17-18(10-15)26-13-20(7-8-20)12-25-17/h2-6,9-11H,7-8,12-13H2,1H3,(H,22,23)/b21-11+. The van der Waals surface area contributed by atoms with Crippen molar-refractivity contribution in [2.75, 3.05) is 20.3 Å². The van der Waals surface area contributed by atoms with Crippen LogP contribution < -0.4 is 19.6 Å². The predicted molar refractivity (Wildman–Crippen MR) is 97.2 cm³/mol. The van der Waals surface area contributed by atoms with E-state index in [4.69, 9.17) is 14.2 Å². The van der Waals surface area contributed by atoms with Crippen LogP contribution in [0.2, 0.25) is 0 Å². The lowest BCUT2D eigenvalue weighted by molar-refractivity contribution is 0.0954. The van der Waals surface area contributed by atoms with Crippen molar-refractivity contribution in [2.24, 2.45) is 10.5 Å². The number of carbonyl (C=O) groups is 1. The third kappa shape index (κ3) is 3.49. The van der Waals surface area contributed by atoms with Crippen LogP contribution in [0.5, 0.6) is 17.2 Å². The molecule has 0 bridgehead atoms. The summed E-state index contributed by atoms with van der Waals surface area (Å²) >= 11 is 0. The Bertz CT molecular complexity index is 859. The molecule has 1 heterocycles. The maximum Gasteiger partial charge on any atom is 0.271 e. The summed E-state index contributed by atoms with van der Waals surface area (Å²) in [6, 6.07) is 12.6. The van der Waals surface area contributed by atoms with Crippen LogP contribution in [0.3, 0.4) is 0 Å². The number of ether oxygens (including phenoxy) is 3. The Kier molecular flexibility index (Phi) is 4.24. The van der Waals surface area contributed by atoms with E-state index in [1.165, 1.54) is 0 Å². The number of fused-ring (bicyclic) bond motifs is 1. The van der Waals surface area contributed by atoms with Crippen molar-refractivity contribution in [1.82, 2.24) is 5.43 Å². The van der Waals surface area contributed by atoms with E-state index in [0.29, 0.717) is 30.3 Å². The number of hydrogen-bond donors (Lipinski definition) is 1. The molecular weight excluding hydrogens is 332 g/mol. The summed E-state index contributed by atoms with van der Waals surface area (Å²) in [6.45, 7) is 1.31. The van der Waals surface area contributed by atoms with Gasteiger partial charge in [0.25, 0.3) is 5.91 Å². The molecule has 1 fully saturated rings. The van der Waals surface area contributed by atoms with Crippen LogP contribution in [0.15, 0.2) is 47.6 Å². The molecule has 0 saturated heterocycles. The van der Waals surface area contributed by atoms with Crippen molar-refractivity contribution in [1.29, 1.82) is 0 Å². The molecule has 2 aliphatic rings. The molecule has 6 nitrogen and oxygen atoms in total. The van der Waals surface area contributed by atoms with Crippen molar-refractivity contribution < 1.29 is 19.0 Å². The van der Waals surface area contributed by atoms with Crippen LogP contribution in [-0.4, -0.2) is 32.4 Å². The molecule has 1 spiro atoms.